The fourth-order valence-corrected chi connectivity index (χ4v) is 3.60. The minimum atomic E-state index is -0.652. The summed E-state index contributed by atoms with van der Waals surface area (Å²) in [6, 6.07) is 13.4. The standard InChI is InChI=1S/C22H21NO5/c1-27-16-9-3-13(4-10-16)19-18(21(25)22(26)23(19)15-7-8-15)20(24)14-5-11-17(28-2)12-6-14/h3-6,9-12,15,19,24H,7-8H2,1-2H3. The zero-order valence-corrected chi connectivity index (χ0v) is 15.7. The van der Waals surface area contributed by atoms with Crippen molar-refractivity contribution >= 4 is 17.4 Å². The van der Waals surface area contributed by atoms with Crippen LogP contribution in [-0.4, -0.2) is 42.0 Å². The number of carbonyl (C=O) groups excluding carboxylic acids is 2. The minimum absolute atomic E-state index is 0.0321. The van der Waals surface area contributed by atoms with Crippen LogP contribution in [0.4, 0.5) is 0 Å². The molecule has 2 fully saturated rings. The number of nitrogens with zero attached hydrogens (tertiary/aromatic N) is 1. The third-order valence-corrected chi connectivity index (χ3v) is 5.22. The molecule has 4 rings (SSSR count). The number of hydrogen-bond donors (Lipinski definition) is 1. The molecule has 2 aromatic carbocycles. The Morgan fingerprint density at radius 3 is 1.96 bits per heavy atom. The van der Waals surface area contributed by atoms with Crippen LogP contribution in [0.15, 0.2) is 54.1 Å². The number of hydrogen-bond acceptors (Lipinski definition) is 5. The summed E-state index contributed by atoms with van der Waals surface area (Å²) in [4.78, 5) is 27.2. The first kappa shape index (κ1) is 18.1. The number of carbonyl (C=O) groups is 2. The molecule has 0 aromatic heterocycles. The van der Waals surface area contributed by atoms with Gasteiger partial charge in [0.05, 0.1) is 25.8 Å². The highest BCUT2D eigenvalue weighted by Crippen LogP contribution is 2.45. The van der Waals surface area contributed by atoms with Gasteiger partial charge >= 0.3 is 0 Å². The highest BCUT2D eigenvalue weighted by atomic mass is 16.5. The lowest BCUT2D eigenvalue weighted by Gasteiger charge is -2.25. The summed E-state index contributed by atoms with van der Waals surface area (Å²) in [5, 5.41) is 10.9. The zero-order chi connectivity index (χ0) is 19.8. The van der Waals surface area contributed by atoms with Gasteiger partial charge in [0.25, 0.3) is 11.7 Å². The van der Waals surface area contributed by atoms with E-state index in [1.807, 2.05) is 12.1 Å². The normalized spacial score (nSPS) is 21.1. The molecule has 1 saturated carbocycles. The zero-order valence-electron chi connectivity index (χ0n) is 15.7. The van der Waals surface area contributed by atoms with Crippen molar-refractivity contribution in [3.63, 3.8) is 0 Å². The Morgan fingerprint density at radius 1 is 0.929 bits per heavy atom. The van der Waals surface area contributed by atoms with E-state index in [2.05, 4.69) is 0 Å². The number of Topliss-reactive ketones (excluding diaryl/α,β-unsaturated/α-hetero) is 1. The summed E-state index contributed by atoms with van der Waals surface area (Å²) in [5.74, 6) is -0.0617. The van der Waals surface area contributed by atoms with E-state index in [9.17, 15) is 14.7 Å². The summed E-state index contributed by atoms with van der Waals surface area (Å²) < 4.78 is 10.3. The first-order valence-electron chi connectivity index (χ1n) is 9.13. The second-order valence-corrected chi connectivity index (χ2v) is 6.94. The van der Waals surface area contributed by atoms with Gasteiger partial charge in [-0.1, -0.05) is 12.1 Å². The number of amides is 1. The largest absolute Gasteiger partial charge is 0.507 e. The van der Waals surface area contributed by atoms with Crippen molar-refractivity contribution in [1.29, 1.82) is 0 Å². The van der Waals surface area contributed by atoms with Gasteiger partial charge in [0.15, 0.2) is 0 Å². The summed E-state index contributed by atoms with van der Waals surface area (Å²) in [6.45, 7) is 0. The number of benzene rings is 2. The maximum absolute atomic E-state index is 12.8. The third-order valence-electron chi connectivity index (χ3n) is 5.22. The maximum atomic E-state index is 12.8. The molecule has 6 heteroatoms. The van der Waals surface area contributed by atoms with Gasteiger partial charge in [-0.2, -0.15) is 0 Å². The van der Waals surface area contributed by atoms with Crippen molar-refractivity contribution < 1.29 is 24.2 Å². The Balaban J connectivity index is 1.83. The van der Waals surface area contributed by atoms with Crippen LogP contribution in [0.3, 0.4) is 0 Å². The maximum Gasteiger partial charge on any atom is 0.295 e. The van der Waals surface area contributed by atoms with Crippen molar-refractivity contribution in [2.45, 2.75) is 24.9 Å². The Hall–Kier alpha value is -3.28. The van der Waals surface area contributed by atoms with E-state index < -0.39 is 17.7 Å². The Labute approximate surface area is 163 Å². The molecular formula is C22H21NO5. The highest BCUT2D eigenvalue weighted by molar-refractivity contribution is 6.46. The molecule has 28 heavy (non-hydrogen) atoms. The van der Waals surface area contributed by atoms with Crippen LogP contribution in [0.5, 0.6) is 11.5 Å². The average molecular weight is 379 g/mol. The van der Waals surface area contributed by atoms with E-state index >= 15 is 0 Å². The highest BCUT2D eigenvalue weighted by Gasteiger charge is 2.51. The van der Waals surface area contributed by atoms with Crippen molar-refractivity contribution in [3.05, 3.63) is 65.2 Å². The van der Waals surface area contributed by atoms with Gasteiger partial charge in [0.2, 0.25) is 0 Å². The minimum Gasteiger partial charge on any atom is -0.507 e. The van der Waals surface area contributed by atoms with Crippen molar-refractivity contribution in [2.24, 2.45) is 0 Å². The van der Waals surface area contributed by atoms with Crippen LogP contribution in [-0.2, 0) is 9.59 Å². The van der Waals surface area contributed by atoms with Crippen LogP contribution in [0.25, 0.3) is 5.76 Å². The average Bonchev–Trinajstić information content (AvgIpc) is 3.54. The Kier molecular flexibility index (Phi) is 4.55. The fraction of sp³-hybridized carbons (Fsp3) is 0.273. The smallest absolute Gasteiger partial charge is 0.295 e. The molecule has 1 aliphatic heterocycles. The number of ketones is 1. The number of methoxy groups -OCH3 is 2. The molecule has 2 aliphatic rings. The van der Waals surface area contributed by atoms with Crippen LogP contribution >= 0.6 is 0 Å². The number of aliphatic hydroxyl groups is 1. The summed E-state index contributed by atoms with van der Waals surface area (Å²) in [7, 11) is 3.13. The molecule has 144 valence electrons. The first-order chi connectivity index (χ1) is 13.5. The first-order valence-corrected chi connectivity index (χ1v) is 9.13. The second kappa shape index (κ2) is 7.03. The second-order valence-electron chi connectivity index (χ2n) is 6.94. The van der Waals surface area contributed by atoms with E-state index in [1.54, 1.807) is 55.5 Å². The molecule has 1 saturated heterocycles. The molecule has 1 unspecified atom stereocenters. The number of rotatable bonds is 5. The van der Waals surface area contributed by atoms with Crippen molar-refractivity contribution in [3.8, 4) is 11.5 Å². The summed E-state index contributed by atoms with van der Waals surface area (Å²) >= 11 is 0. The van der Waals surface area contributed by atoms with E-state index in [0.717, 1.165) is 18.4 Å². The van der Waals surface area contributed by atoms with E-state index in [4.69, 9.17) is 9.47 Å². The molecule has 1 amide bonds. The molecule has 1 heterocycles. The fourth-order valence-electron chi connectivity index (χ4n) is 3.60. The molecule has 6 nitrogen and oxygen atoms in total. The topological polar surface area (TPSA) is 76.1 Å². The molecule has 1 atom stereocenters. The van der Waals surface area contributed by atoms with E-state index in [0.29, 0.717) is 17.1 Å². The number of likely N-dealkylation sites (tertiary alicyclic amines) is 1. The van der Waals surface area contributed by atoms with Crippen LogP contribution in [0, 0.1) is 0 Å². The summed E-state index contributed by atoms with van der Waals surface area (Å²) in [5.41, 5.74) is 1.35. The van der Waals surface area contributed by atoms with E-state index in [-0.39, 0.29) is 17.4 Å². The Morgan fingerprint density at radius 2 is 1.46 bits per heavy atom. The lowest BCUT2D eigenvalue weighted by molar-refractivity contribution is -0.140. The molecular weight excluding hydrogens is 358 g/mol. The van der Waals surface area contributed by atoms with Gasteiger partial charge in [-0.05, 0) is 54.8 Å². The predicted molar refractivity (Wildman–Crippen MR) is 103 cm³/mol. The quantitative estimate of drug-likeness (QED) is 0.490. The molecule has 1 aliphatic carbocycles. The monoisotopic (exact) mass is 379 g/mol. The van der Waals surface area contributed by atoms with Gasteiger partial charge in [-0.15, -0.1) is 0 Å². The lowest BCUT2D eigenvalue weighted by Crippen LogP contribution is -2.31. The molecule has 0 radical (unpaired) electrons. The van der Waals surface area contributed by atoms with Crippen molar-refractivity contribution in [2.75, 3.05) is 14.2 Å². The number of ether oxygens (including phenoxy) is 2. The third kappa shape index (κ3) is 3.01. The van der Waals surface area contributed by atoms with Gasteiger partial charge in [-0.25, -0.2) is 0 Å². The van der Waals surface area contributed by atoms with Crippen LogP contribution in [0.2, 0.25) is 0 Å². The van der Waals surface area contributed by atoms with Crippen LogP contribution in [0.1, 0.15) is 30.0 Å². The predicted octanol–water partition coefficient (Wildman–Crippen LogP) is 3.29. The molecule has 0 bridgehead atoms. The van der Waals surface area contributed by atoms with Crippen LogP contribution < -0.4 is 9.47 Å². The molecule has 0 spiro atoms. The van der Waals surface area contributed by atoms with Gasteiger partial charge in [-0.3, -0.25) is 9.59 Å². The van der Waals surface area contributed by atoms with E-state index in [1.165, 1.54) is 0 Å². The SMILES string of the molecule is COc1ccc(C(O)=C2C(=O)C(=O)N(C3CC3)C2c2ccc(OC)cc2)cc1. The van der Waals surface area contributed by atoms with Gasteiger partial charge in [0, 0.05) is 11.6 Å². The van der Waals surface area contributed by atoms with Crippen molar-refractivity contribution in [1.82, 2.24) is 4.90 Å². The van der Waals surface area contributed by atoms with Gasteiger partial charge in [0.1, 0.15) is 17.3 Å². The van der Waals surface area contributed by atoms with Gasteiger partial charge < -0.3 is 19.5 Å². The lowest BCUT2D eigenvalue weighted by atomic mass is 9.95. The Bertz CT molecular complexity index is 942. The summed E-state index contributed by atoms with van der Waals surface area (Å²) in [6.07, 6.45) is 1.73. The number of aliphatic hydroxyl groups excluding tert-OH is 1. The molecule has 1 N–H and O–H groups in total. The molecule has 2 aromatic rings.